The van der Waals surface area contributed by atoms with Gasteiger partial charge >= 0.3 is 0 Å². The number of nitriles is 1. The van der Waals surface area contributed by atoms with Crippen molar-refractivity contribution in [2.24, 2.45) is 7.05 Å². The Hall–Kier alpha value is -5.48. The molecular weight excluding hydrogens is 507 g/mol. The molecule has 0 aliphatic carbocycles. The molecule has 5 heterocycles. The number of nitrogens with zero attached hydrogens (tertiary/aromatic N) is 8. The third kappa shape index (κ3) is 4.42. The van der Waals surface area contributed by atoms with Crippen LogP contribution < -0.4 is 4.90 Å². The summed E-state index contributed by atoms with van der Waals surface area (Å²) < 4.78 is 17.5. The Balaban J connectivity index is 1.22. The highest BCUT2D eigenvalue weighted by Crippen LogP contribution is 2.32. The van der Waals surface area contributed by atoms with Crippen LogP contribution in [-0.4, -0.2) is 61.4 Å². The maximum Gasteiger partial charge on any atom is 0.254 e. The van der Waals surface area contributed by atoms with Gasteiger partial charge in [0.2, 0.25) is 0 Å². The number of hydrogen-bond acceptors (Lipinski definition) is 6. The van der Waals surface area contributed by atoms with Crippen LogP contribution in [-0.2, 0) is 7.05 Å². The number of terminal acetylenes is 1. The quantitative estimate of drug-likeness (QED) is 0.329. The highest BCUT2D eigenvalue weighted by molar-refractivity contribution is 5.94. The van der Waals surface area contributed by atoms with Crippen LogP contribution in [0.3, 0.4) is 0 Å². The number of carbonyl (C=O) groups is 1. The Bertz CT molecular complexity index is 1830. The molecule has 6 rings (SSSR count). The number of aromatic nitrogens is 5. The van der Waals surface area contributed by atoms with Crippen LogP contribution in [0.2, 0.25) is 0 Å². The predicted octanol–water partition coefficient (Wildman–Crippen LogP) is 3.75. The number of carbonyl (C=O) groups excluding carboxylic acids is 1. The second kappa shape index (κ2) is 10.0. The molecule has 0 bridgehead atoms. The van der Waals surface area contributed by atoms with Gasteiger partial charge in [-0.15, -0.1) is 6.42 Å². The Morgan fingerprint density at radius 2 is 1.77 bits per heavy atom. The van der Waals surface area contributed by atoms with Crippen LogP contribution in [0.25, 0.3) is 27.8 Å². The molecule has 1 saturated heterocycles. The van der Waals surface area contributed by atoms with E-state index >= 15 is 0 Å². The van der Waals surface area contributed by atoms with Crippen molar-refractivity contribution in [3.63, 3.8) is 0 Å². The fraction of sp³-hybridized carbons (Fsp3) is 0.167. The standard InChI is InChI=1S/C30H23FN8O/c1-3-20-4-5-21(13-27(20)31)30(40)38-10-8-37(9-11-38)28-7-6-22(15-33-28)26-12-23(25-17-34-36(2)18-25)19-39-29(26)24(14-32)16-35-39/h1,4-7,12-13,15-19H,8-11H2,2H3. The van der Waals surface area contributed by atoms with Gasteiger partial charge in [-0.3, -0.25) is 9.48 Å². The highest BCUT2D eigenvalue weighted by atomic mass is 19.1. The molecule has 9 nitrogen and oxygen atoms in total. The molecule has 40 heavy (non-hydrogen) atoms. The van der Waals surface area contributed by atoms with Crippen molar-refractivity contribution in [3.8, 4) is 40.7 Å². The minimum atomic E-state index is -0.572. The molecular formula is C30H23FN8O. The molecule has 1 aliphatic heterocycles. The van der Waals surface area contributed by atoms with Crippen molar-refractivity contribution in [2.75, 3.05) is 31.1 Å². The zero-order valence-corrected chi connectivity index (χ0v) is 21.6. The maximum absolute atomic E-state index is 14.1. The summed E-state index contributed by atoms with van der Waals surface area (Å²) in [5, 5.41) is 18.3. The number of amides is 1. The monoisotopic (exact) mass is 530 g/mol. The third-order valence-corrected chi connectivity index (χ3v) is 7.09. The van der Waals surface area contributed by atoms with E-state index in [4.69, 9.17) is 11.4 Å². The number of piperazine rings is 1. The number of benzene rings is 1. The van der Waals surface area contributed by atoms with Crippen LogP contribution >= 0.6 is 0 Å². The van der Waals surface area contributed by atoms with Gasteiger partial charge in [0.15, 0.2) is 0 Å². The van der Waals surface area contributed by atoms with Gasteiger partial charge in [0.05, 0.1) is 29.0 Å². The van der Waals surface area contributed by atoms with Crippen LogP contribution in [0, 0.1) is 29.5 Å². The fourth-order valence-electron chi connectivity index (χ4n) is 4.97. The third-order valence-electron chi connectivity index (χ3n) is 7.09. The Labute approximate surface area is 229 Å². The molecule has 10 heteroatoms. The van der Waals surface area contributed by atoms with Crippen molar-refractivity contribution >= 4 is 17.2 Å². The van der Waals surface area contributed by atoms with Gasteiger partial charge in [0, 0.05) is 79.6 Å². The molecule has 1 aliphatic rings. The van der Waals surface area contributed by atoms with Crippen LogP contribution in [0.4, 0.5) is 10.2 Å². The van der Waals surface area contributed by atoms with Gasteiger partial charge in [0.1, 0.15) is 17.7 Å². The van der Waals surface area contributed by atoms with Gasteiger partial charge in [0.25, 0.3) is 5.91 Å². The van der Waals surface area contributed by atoms with Crippen molar-refractivity contribution in [3.05, 3.63) is 89.9 Å². The van der Waals surface area contributed by atoms with Gasteiger partial charge in [-0.05, 0) is 36.4 Å². The Morgan fingerprint density at radius 3 is 2.42 bits per heavy atom. The number of aryl methyl sites for hydroxylation is 1. The van der Waals surface area contributed by atoms with Gasteiger partial charge in [-0.2, -0.15) is 15.5 Å². The van der Waals surface area contributed by atoms with E-state index in [1.807, 2.05) is 37.6 Å². The number of fused-ring (bicyclic) bond motifs is 1. The average Bonchev–Trinajstić information content (AvgIpc) is 3.62. The molecule has 0 N–H and O–H groups in total. The van der Waals surface area contributed by atoms with Gasteiger partial charge < -0.3 is 9.80 Å². The molecule has 4 aromatic heterocycles. The second-order valence-electron chi connectivity index (χ2n) is 9.53. The summed E-state index contributed by atoms with van der Waals surface area (Å²) >= 11 is 0. The molecule has 0 unspecified atom stereocenters. The molecule has 0 spiro atoms. The van der Waals surface area contributed by atoms with E-state index in [2.05, 4.69) is 27.1 Å². The maximum atomic E-state index is 14.1. The van der Waals surface area contributed by atoms with E-state index in [1.54, 1.807) is 38.8 Å². The molecule has 1 aromatic carbocycles. The van der Waals surface area contributed by atoms with Crippen molar-refractivity contribution in [1.82, 2.24) is 29.3 Å². The average molecular weight is 531 g/mol. The molecule has 1 amide bonds. The smallest absolute Gasteiger partial charge is 0.254 e. The van der Waals surface area contributed by atoms with Crippen molar-refractivity contribution < 1.29 is 9.18 Å². The summed E-state index contributed by atoms with van der Waals surface area (Å²) in [6, 6.07) is 12.4. The predicted molar refractivity (Wildman–Crippen MR) is 148 cm³/mol. The fourth-order valence-corrected chi connectivity index (χ4v) is 4.97. The summed E-state index contributed by atoms with van der Waals surface area (Å²) in [6.07, 6.45) is 14.2. The lowest BCUT2D eigenvalue weighted by atomic mass is 10.0. The molecule has 0 radical (unpaired) electrons. The summed E-state index contributed by atoms with van der Waals surface area (Å²) in [5.41, 5.74) is 5.15. The summed E-state index contributed by atoms with van der Waals surface area (Å²) in [7, 11) is 1.86. The molecule has 196 valence electrons. The SMILES string of the molecule is C#Cc1ccc(C(=O)N2CCN(c3ccc(-c4cc(-c5cnn(C)c5)cn5ncc(C#N)c45)cn3)CC2)cc1F. The zero-order chi connectivity index (χ0) is 27.8. The number of hydrogen-bond donors (Lipinski definition) is 0. The van der Waals surface area contributed by atoms with Gasteiger partial charge in [-0.25, -0.2) is 13.9 Å². The Morgan fingerprint density at radius 1 is 0.950 bits per heavy atom. The topological polar surface area (TPSA) is 95.4 Å². The molecule has 5 aromatic rings. The lowest BCUT2D eigenvalue weighted by Crippen LogP contribution is -2.49. The van der Waals surface area contributed by atoms with E-state index in [1.165, 1.54) is 12.1 Å². The van der Waals surface area contributed by atoms with E-state index in [0.29, 0.717) is 37.3 Å². The normalized spacial score (nSPS) is 13.3. The highest BCUT2D eigenvalue weighted by Gasteiger charge is 2.24. The second-order valence-corrected chi connectivity index (χ2v) is 9.53. The van der Waals surface area contributed by atoms with E-state index in [9.17, 15) is 14.4 Å². The lowest BCUT2D eigenvalue weighted by Gasteiger charge is -2.35. The number of pyridine rings is 2. The van der Waals surface area contributed by atoms with E-state index in [0.717, 1.165) is 28.1 Å². The molecule has 1 fully saturated rings. The summed E-state index contributed by atoms with van der Waals surface area (Å²) in [6.45, 7) is 2.14. The van der Waals surface area contributed by atoms with Crippen LogP contribution in [0.5, 0.6) is 0 Å². The van der Waals surface area contributed by atoms with Crippen molar-refractivity contribution in [2.45, 2.75) is 0 Å². The molecule has 0 atom stereocenters. The summed E-state index contributed by atoms with van der Waals surface area (Å²) in [4.78, 5) is 21.4. The first-order valence-electron chi connectivity index (χ1n) is 12.6. The first-order chi connectivity index (χ1) is 19.4. The molecule has 0 saturated carbocycles. The lowest BCUT2D eigenvalue weighted by molar-refractivity contribution is 0.0746. The number of halogens is 1. The number of rotatable bonds is 4. The van der Waals surface area contributed by atoms with Crippen molar-refractivity contribution in [1.29, 1.82) is 5.26 Å². The van der Waals surface area contributed by atoms with Crippen LogP contribution in [0.1, 0.15) is 21.5 Å². The minimum Gasteiger partial charge on any atom is -0.353 e. The largest absolute Gasteiger partial charge is 0.353 e. The Kier molecular flexibility index (Phi) is 6.21. The van der Waals surface area contributed by atoms with E-state index < -0.39 is 5.82 Å². The number of anilines is 1. The van der Waals surface area contributed by atoms with Crippen LogP contribution in [0.15, 0.2) is 67.4 Å². The summed E-state index contributed by atoms with van der Waals surface area (Å²) in [5.74, 6) is 2.26. The van der Waals surface area contributed by atoms with Gasteiger partial charge in [-0.1, -0.05) is 5.92 Å². The first-order valence-corrected chi connectivity index (χ1v) is 12.6. The zero-order valence-electron chi connectivity index (χ0n) is 21.6. The first kappa shape index (κ1) is 24.8. The van der Waals surface area contributed by atoms with E-state index in [-0.39, 0.29) is 17.0 Å². The minimum absolute atomic E-state index is 0.137.